The fraction of sp³-hybridized carbons (Fsp3) is 0.538. The van der Waals surface area contributed by atoms with Gasteiger partial charge in [-0.1, -0.05) is 26.8 Å². The zero-order chi connectivity index (χ0) is 14.0. The minimum absolute atomic E-state index is 0.118. The molecular formula is C13H20BrNO2S. The van der Waals surface area contributed by atoms with Crippen LogP contribution in [0.2, 0.25) is 0 Å². The molecule has 0 atom stereocenters. The fourth-order valence-electron chi connectivity index (χ4n) is 1.46. The first-order chi connectivity index (χ1) is 8.12. The van der Waals surface area contributed by atoms with Crippen LogP contribution in [0.5, 0.6) is 0 Å². The van der Waals surface area contributed by atoms with Crippen LogP contribution in [0, 0.1) is 12.3 Å². The number of rotatable bonds is 4. The lowest BCUT2D eigenvalue weighted by Crippen LogP contribution is -2.27. The molecule has 102 valence electrons. The molecule has 0 aliphatic carbocycles. The predicted octanol–water partition coefficient (Wildman–Crippen LogP) is 3.47. The molecule has 0 amide bonds. The van der Waals surface area contributed by atoms with E-state index in [0.717, 1.165) is 12.0 Å². The number of hydrogen-bond donors (Lipinski definition) is 1. The van der Waals surface area contributed by atoms with Crippen LogP contribution in [-0.4, -0.2) is 15.0 Å². The number of halogens is 1. The Morgan fingerprint density at radius 2 is 1.89 bits per heavy atom. The summed E-state index contributed by atoms with van der Waals surface area (Å²) in [6.45, 7) is 8.63. The normalized spacial score (nSPS) is 12.7. The molecule has 1 aromatic rings. The van der Waals surface area contributed by atoms with Gasteiger partial charge in [0.1, 0.15) is 0 Å². The maximum Gasteiger partial charge on any atom is 0.241 e. The van der Waals surface area contributed by atoms with Crippen molar-refractivity contribution in [3.8, 4) is 0 Å². The SMILES string of the molecule is Cc1ccc(S(=O)(=O)NCCC(C)(C)C)c(Br)c1. The molecule has 0 saturated heterocycles. The van der Waals surface area contributed by atoms with Gasteiger partial charge in [-0.05, 0) is 52.4 Å². The number of benzene rings is 1. The maximum absolute atomic E-state index is 12.1. The Morgan fingerprint density at radius 1 is 1.28 bits per heavy atom. The van der Waals surface area contributed by atoms with Crippen LogP contribution in [0.1, 0.15) is 32.8 Å². The van der Waals surface area contributed by atoms with Crippen molar-refractivity contribution in [1.29, 1.82) is 0 Å². The minimum atomic E-state index is -3.43. The highest BCUT2D eigenvalue weighted by atomic mass is 79.9. The first-order valence-electron chi connectivity index (χ1n) is 5.88. The van der Waals surface area contributed by atoms with Crippen LogP contribution in [0.4, 0.5) is 0 Å². The van der Waals surface area contributed by atoms with E-state index >= 15 is 0 Å². The molecule has 0 radical (unpaired) electrons. The summed E-state index contributed by atoms with van der Waals surface area (Å²) in [5, 5.41) is 0. The first-order valence-corrected chi connectivity index (χ1v) is 8.15. The molecule has 0 aliphatic rings. The van der Waals surface area contributed by atoms with Crippen LogP contribution in [0.3, 0.4) is 0 Å². The van der Waals surface area contributed by atoms with Crippen molar-refractivity contribution in [2.45, 2.75) is 39.0 Å². The Labute approximate surface area is 118 Å². The average molecular weight is 334 g/mol. The van der Waals surface area contributed by atoms with Gasteiger partial charge in [0.25, 0.3) is 0 Å². The molecule has 0 saturated carbocycles. The van der Waals surface area contributed by atoms with Gasteiger partial charge in [-0.3, -0.25) is 0 Å². The van der Waals surface area contributed by atoms with Crippen molar-refractivity contribution < 1.29 is 8.42 Å². The molecule has 5 heteroatoms. The van der Waals surface area contributed by atoms with E-state index in [1.807, 2.05) is 6.92 Å². The third kappa shape index (κ3) is 4.71. The highest BCUT2D eigenvalue weighted by Crippen LogP contribution is 2.23. The molecule has 0 aliphatic heterocycles. The number of nitrogens with one attached hydrogen (secondary N) is 1. The van der Waals surface area contributed by atoms with Crippen LogP contribution < -0.4 is 4.72 Å². The van der Waals surface area contributed by atoms with E-state index in [-0.39, 0.29) is 5.41 Å². The summed E-state index contributed by atoms with van der Waals surface area (Å²) in [6.07, 6.45) is 0.801. The number of hydrogen-bond acceptors (Lipinski definition) is 2. The highest BCUT2D eigenvalue weighted by Gasteiger charge is 2.18. The van der Waals surface area contributed by atoms with E-state index in [4.69, 9.17) is 0 Å². The second-order valence-electron chi connectivity index (χ2n) is 5.64. The Balaban J connectivity index is 2.81. The Bertz CT molecular complexity index is 518. The molecule has 0 spiro atoms. The molecule has 1 aromatic carbocycles. The lowest BCUT2D eigenvalue weighted by Gasteiger charge is -2.18. The Morgan fingerprint density at radius 3 is 2.39 bits per heavy atom. The minimum Gasteiger partial charge on any atom is -0.211 e. The van der Waals surface area contributed by atoms with Gasteiger partial charge in [-0.25, -0.2) is 13.1 Å². The number of aryl methyl sites for hydroxylation is 1. The van der Waals surface area contributed by atoms with Gasteiger partial charge in [0, 0.05) is 11.0 Å². The summed E-state index contributed by atoms with van der Waals surface area (Å²) in [6, 6.07) is 5.22. The van der Waals surface area contributed by atoms with E-state index in [2.05, 4.69) is 41.4 Å². The summed E-state index contributed by atoms with van der Waals surface area (Å²) in [5.74, 6) is 0. The predicted molar refractivity (Wildman–Crippen MR) is 78.1 cm³/mol. The molecule has 18 heavy (non-hydrogen) atoms. The van der Waals surface area contributed by atoms with Gasteiger partial charge >= 0.3 is 0 Å². The first kappa shape index (κ1) is 15.7. The van der Waals surface area contributed by atoms with E-state index < -0.39 is 10.0 Å². The zero-order valence-electron chi connectivity index (χ0n) is 11.2. The van der Waals surface area contributed by atoms with Crippen molar-refractivity contribution in [3.05, 3.63) is 28.2 Å². The third-order valence-corrected chi connectivity index (χ3v) is 4.98. The zero-order valence-corrected chi connectivity index (χ0v) is 13.7. The summed E-state index contributed by atoms with van der Waals surface area (Å²) in [4.78, 5) is 0.294. The lowest BCUT2D eigenvalue weighted by atomic mass is 9.93. The van der Waals surface area contributed by atoms with Crippen molar-refractivity contribution >= 4 is 26.0 Å². The summed E-state index contributed by atoms with van der Waals surface area (Å²) in [7, 11) is -3.43. The molecule has 0 aromatic heterocycles. The molecule has 0 bridgehead atoms. The van der Waals surface area contributed by atoms with Crippen LogP contribution >= 0.6 is 15.9 Å². The molecule has 0 unspecified atom stereocenters. The van der Waals surface area contributed by atoms with E-state index in [1.165, 1.54) is 0 Å². The molecule has 1 N–H and O–H groups in total. The van der Waals surface area contributed by atoms with Crippen molar-refractivity contribution in [2.24, 2.45) is 5.41 Å². The topological polar surface area (TPSA) is 46.2 Å². The Hall–Kier alpha value is -0.390. The number of sulfonamides is 1. The van der Waals surface area contributed by atoms with Crippen molar-refractivity contribution in [3.63, 3.8) is 0 Å². The van der Waals surface area contributed by atoms with Crippen LogP contribution in [0.25, 0.3) is 0 Å². The second-order valence-corrected chi connectivity index (χ2v) is 8.23. The van der Waals surface area contributed by atoms with E-state index in [9.17, 15) is 8.42 Å². The molecule has 1 rings (SSSR count). The summed E-state index contributed by atoms with van der Waals surface area (Å²) >= 11 is 3.30. The lowest BCUT2D eigenvalue weighted by molar-refractivity contribution is 0.378. The van der Waals surface area contributed by atoms with Gasteiger partial charge in [-0.2, -0.15) is 0 Å². The average Bonchev–Trinajstić information content (AvgIpc) is 2.13. The maximum atomic E-state index is 12.1. The molecular weight excluding hydrogens is 314 g/mol. The van der Waals surface area contributed by atoms with Crippen molar-refractivity contribution in [1.82, 2.24) is 4.72 Å². The molecule has 3 nitrogen and oxygen atoms in total. The monoisotopic (exact) mass is 333 g/mol. The third-order valence-electron chi connectivity index (χ3n) is 2.54. The fourth-order valence-corrected chi connectivity index (χ4v) is 3.68. The van der Waals surface area contributed by atoms with Crippen LogP contribution in [0.15, 0.2) is 27.6 Å². The van der Waals surface area contributed by atoms with Gasteiger partial charge in [0.05, 0.1) is 4.90 Å². The quantitative estimate of drug-likeness (QED) is 0.916. The molecule has 0 heterocycles. The standard InChI is InChI=1S/C13H20BrNO2S/c1-10-5-6-12(11(14)9-10)18(16,17)15-8-7-13(2,3)4/h5-6,9,15H,7-8H2,1-4H3. The second kappa shape index (κ2) is 5.72. The molecule has 0 fully saturated rings. The Kier molecular flexibility index (Phi) is 4.98. The van der Waals surface area contributed by atoms with E-state index in [0.29, 0.717) is 15.9 Å². The van der Waals surface area contributed by atoms with Gasteiger partial charge < -0.3 is 0 Å². The van der Waals surface area contributed by atoms with E-state index in [1.54, 1.807) is 18.2 Å². The highest BCUT2D eigenvalue weighted by molar-refractivity contribution is 9.10. The van der Waals surface area contributed by atoms with Gasteiger partial charge in [-0.15, -0.1) is 0 Å². The summed E-state index contributed by atoms with van der Waals surface area (Å²) < 4.78 is 27.5. The smallest absolute Gasteiger partial charge is 0.211 e. The van der Waals surface area contributed by atoms with Gasteiger partial charge in [0.15, 0.2) is 0 Å². The largest absolute Gasteiger partial charge is 0.241 e. The summed E-state index contributed by atoms with van der Waals surface area (Å²) in [5.41, 5.74) is 1.14. The van der Waals surface area contributed by atoms with Gasteiger partial charge in [0.2, 0.25) is 10.0 Å². The van der Waals surface area contributed by atoms with Crippen LogP contribution in [-0.2, 0) is 10.0 Å². The van der Waals surface area contributed by atoms with Crippen molar-refractivity contribution in [2.75, 3.05) is 6.54 Å².